The first-order chi connectivity index (χ1) is 14.5. The Bertz CT molecular complexity index is 841. The molecule has 9 heteroatoms. The smallest absolute Gasteiger partial charge is 0.310 e. The Kier molecular flexibility index (Phi) is 9.17. The molecule has 0 saturated heterocycles. The predicted octanol–water partition coefficient (Wildman–Crippen LogP) is 2.73. The summed E-state index contributed by atoms with van der Waals surface area (Å²) in [7, 11) is 5.65. The van der Waals surface area contributed by atoms with Crippen LogP contribution in [0.2, 0.25) is 0 Å². The second kappa shape index (κ2) is 11.8. The zero-order valence-corrected chi connectivity index (χ0v) is 17.5. The van der Waals surface area contributed by atoms with Gasteiger partial charge in [0.25, 0.3) is 0 Å². The van der Waals surface area contributed by atoms with Crippen molar-refractivity contribution in [2.45, 2.75) is 19.3 Å². The molecule has 0 amide bonds. The Labute approximate surface area is 174 Å². The van der Waals surface area contributed by atoms with Crippen molar-refractivity contribution in [3.63, 3.8) is 0 Å². The average molecular weight is 422 g/mol. The van der Waals surface area contributed by atoms with Crippen LogP contribution in [-0.2, 0) is 41.4 Å². The third-order valence-corrected chi connectivity index (χ3v) is 4.11. The van der Waals surface area contributed by atoms with Crippen LogP contribution in [0.5, 0.6) is 11.5 Å². The van der Waals surface area contributed by atoms with Gasteiger partial charge in [0.1, 0.15) is 23.0 Å². The highest BCUT2D eigenvalue weighted by molar-refractivity contribution is 5.80. The van der Waals surface area contributed by atoms with Gasteiger partial charge in [-0.15, -0.1) is 0 Å². The van der Waals surface area contributed by atoms with Gasteiger partial charge in [0.15, 0.2) is 13.6 Å². The van der Waals surface area contributed by atoms with Crippen molar-refractivity contribution in [1.82, 2.24) is 0 Å². The summed E-state index contributed by atoms with van der Waals surface area (Å²) in [5.41, 5.74) is 1.14. The fourth-order valence-corrected chi connectivity index (χ4v) is 2.71. The minimum atomic E-state index is -0.435. The minimum absolute atomic E-state index is 0.0195. The number of aryl methyl sites for hydroxylation is 1. The zero-order valence-electron chi connectivity index (χ0n) is 17.5. The molecule has 0 N–H and O–H groups in total. The van der Waals surface area contributed by atoms with Crippen molar-refractivity contribution in [3.8, 4) is 22.8 Å². The SMILES string of the molecule is COCOc1cc(CC(=O)OC)c(-c2ccc(CCC(=O)OC)o2)c(OCOC)c1. The highest BCUT2D eigenvalue weighted by atomic mass is 16.7. The Balaban J connectivity index is 2.46. The average Bonchev–Trinajstić information content (AvgIpc) is 3.22. The van der Waals surface area contributed by atoms with Crippen LogP contribution in [0.1, 0.15) is 17.7 Å². The molecular weight excluding hydrogens is 396 g/mol. The van der Waals surface area contributed by atoms with Gasteiger partial charge in [0.2, 0.25) is 0 Å². The molecule has 1 heterocycles. The summed E-state index contributed by atoms with van der Waals surface area (Å²) in [6.07, 6.45) is 0.537. The quantitative estimate of drug-likeness (QED) is 0.377. The maximum Gasteiger partial charge on any atom is 0.310 e. The normalized spacial score (nSPS) is 10.5. The van der Waals surface area contributed by atoms with Crippen LogP contribution in [0.25, 0.3) is 11.3 Å². The number of ether oxygens (including phenoxy) is 6. The lowest BCUT2D eigenvalue weighted by molar-refractivity contribution is -0.141. The fraction of sp³-hybridized carbons (Fsp3) is 0.429. The first-order valence-electron chi connectivity index (χ1n) is 9.15. The zero-order chi connectivity index (χ0) is 21.9. The number of rotatable bonds is 12. The van der Waals surface area contributed by atoms with Gasteiger partial charge in [0, 0.05) is 26.7 Å². The Morgan fingerprint density at radius 2 is 1.60 bits per heavy atom. The summed E-state index contributed by atoms with van der Waals surface area (Å²) < 4.78 is 36.6. The molecule has 0 aliphatic rings. The lowest BCUT2D eigenvalue weighted by atomic mass is 10.0. The molecule has 2 aromatic rings. The predicted molar refractivity (Wildman–Crippen MR) is 105 cm³/mol. The van der Waals surface area contributed by atoms with E-state index in [0.29, 0.717) is 40.6 Å². The number of methoxy groups -OCH3 is 4. The van der Waals surface area contributed by atoms with Crippen molar-refractivity contribution in [3.05, 3.63) is 35.6 Å². The van der Waals surface area contributed by atoms with Crippen LogP contribution >= 0.6 is 0 Å². The molecule has 2 rings (SSSR count). The number of esters is 2. The summed E-state index contributed by atoms with van der Waals surface area (Å²) >= 11 is 0. The van der Waals surface area contributed by atoms with Crippen molar-refractivity contribution in [2.75, 3.05) is 42.0 Å². The van der Waals surface area contributed by atoms with Gasteiger partial charge in [-0.2, -0.15) is 0 Å². The number of benzene rings is 1. The Morgan fingerprint density at radius 3 is 2.27 bits per heavy atom. The maximum atomic E-state index is 12.0. The van der Waals surface area contributed by atoms with E-state index in [0.717, 1.165) is 0 Å². The van der Waals surface area contributed by atoms with Crippen molar-refractivity contribution in [2.24, 2.45) is 0 Å². The van der Waals surface area contributed by atoms with Crippen LogP contribution in [0, 0.1) is 0 Å². The largest absolute Gasteiger partial charge is 0.469 e. The van der Waals surface area contributed by atoms with Crippen molar-refractivity contribution in [1.29, 1.82) is 0 Å². The third kappa shape index (κ3) is 6.50. The van der Waals surface area contributed by atoms with Gasteiger partial charge < -0.3 is 32.8 Å². The lowest BCUT2D eigenvalue weighted by Gasteiger charge is -2.16. The first kappa shape index (κ1) is 23.2. The van der Waals surface area contributed by atoms with E-state index in [1.165, 1.54) is 28.4 Å². The summed E-state index contributed by atoms with van der Waals surface area (Å²) in [6.45, 7) is 0.00740. The summed E-state index contributed by atoms with van der Waals surface area (Å²) in [6, 6.07) is 6.86. The van der Waals surface area contributed by atoms with E-state index in [1.807, 2.05) is 0 Å². The molecule has 0 saturated carbocycles. The molecule has 0 fully saturated rings. The van der Waals surface area contributed by atoms with Crippen molar-refractivity contribution < 1.29 is 42.4 Å². The van der Waals surface area contributed by atoms with E-state index in [2.05, 4.69) is 4.74 Å². The van der Waals surface area contributed by atoms with Gasteiger partial charge in [-0.1, -0.05) is 0 Å². The van der Waals surface area contributed by atoms with Gasteiger partial charge >= 0.3 is 11.9 Å². The molecule has 0 bridgehead atoms. The Hall–Kier alpha value is -3.04. The molecule has 0 radical (unpaired) electrons. The number of hydrogen-bond acceptors (Lipinski definition) is 9. The molecule has 0 atom stereocenters. The molecule has 9 nitrogen and oxygen atoms in total. The summed E-state index contributed by atoms with van der Waals surface area (Å²) in [5.74, 6) is 1.15. The van der Waals surface area contributed by atoms with E-state index < -0.39 is 5.97 Å². The van der Waals surface area contributed by atoms with Crippen LogP contribution in [0.4, 0.5) is 0 Å². The van der Waals surface area contributed by atoms with Gasteiger partial charge in [-0.25, -0.2) is 0 Å². The molecule has 164 valence electrons. The first-order valence-corrected chi connectivity index (χ1v) is 9.15. The molecule has 1 aromatic heterocycles. The second-order valence-corrected chi connectivity index (χ2v) is 6.15. The molecular formula is C21H26O9. The minimum Gasteiger partial charge on any atom is -0.469 e. The van der Waals surface area contributed by atoms with Crippen molar-refractivity contribution >= 4 is 11.9 Å². The second-order valence-electron chi connectivity index (χ2n) is 6.15. The van der Waals surface area contributed by atoms with E-state index in [9.17, 15) is 9.59 Å². The molecule has 0 unspecified atom stereocenters. The molecule has 1 aromatic carbocycles. The van der Waals surface area contributed by atoms with Crippen LogP contribution in [0.3, 0.4) is 0 Å². The van der Waals surface area contributed by atoms with Crippen LogP contribution in [-0.4, -0.2) is 54.0 Å². The number of hydrogen-bond donors (Lipinski definition) is 0. The van der Waals surface area contributed by atoms with Gasteiger partial charge in [0.05, 0.1) is 32.6 Å². The maximum absolute atomic E-state index is 12.0. The highest BCUT2D eigenvalue weighted by Gasteiger charge is 2.21. The number of carbonyl (C=O) groups excluding carboxylic acids is 2. The van der Waals surface area contributed by atoms with Gasteiger partial charge in [-0.3, -0.25) is 9.59 Å². The molecule has 0 aliphatic carbocycles. The Morgan fingerprint density at radius 1 is 0.900 bits per heavy atom. The number of carbonyl (C=O) groups is 2. The van der Waals surface area contributed by atoms with E-state index >= 15 is 0 Å². The standard InChI is InChI=1S/C21H26O9/c1-24-12-28-16-9-14(10-20(23)27-4)21(18(11-16)29-13-25-2)17-7-5-15(30-17)6-8-19(22)26-3/h5,7,9,11H,6,8,10,12-13H2,1-4H3. The highest BCUT2D eigenvalue weighted by Crippen LogP contribution is 2.39. The monoisotopic (exact) mass is 422 g/mol. The van der Waals surface area contributed by atoms with Crippen LogP contribution < -0.4 is 9.47 Å². The topological polar surface area (TPSA) is 103 Å². The van der Waals surface area contributed by atoms with E-state index in [-0.39, 0.29) is 32.4 Å². The number of furan rings is 1. The lowest BCUT2D eigenvalue weighted by Crippen LogP contribution is -2.09. The van der Waals surface area contributed by atoms with E-state index in [1.54, 1.807) is 24.3 Å². The summed E-state index contributed by atoms with van der Waals surface area (Å²) in [4.78, 5) is 23.4. The molecule has 0 spiro atoms. The van der Waals surface area contributed by atoms with E-state index in [4.69, 9.17) is 28.1 Å². The summed E-state index contributed by atoms with van der Waals surface area (Å²) in [5, 5.41) is 0. The fourth-order valence-electron chi connectivity index (χ4n) is 2.71. The third-order valence-electron chi connectivity index (χ3n) is 4.11. The van der Waals surface area contributed by atoms with Gasteiger partial charge in [-0.05, 0) is 23.8 Å². The molecule has 30 heavy (non-hydrogen) atoms. The van der Waals surface area contributed by atoms with Crippen LogP contribution in [0.15, 0.2) is 28.7 Å². The molecule has 0 aliphatic heterocycles.